The van der Waals surface area contributed by atoms with Crippen molar-refractivity contribution in [1.82, 2.24) is 10.3 Å². The Morgan fingerprint density at radius 3 is 2.72 bits per heavy atom. The number of hydrogen-bond donors (Lipinski definition) is 1. The largest absolute Gasteiger partial charge is 0.417 e. The lowest BCUT2D eigenvalue weighted by Gasteiger charge is -2.20. The number of aromatic nitrogens is 1. The molecule has 1 saturated heterocycles. The molecule has 2 aliphatic rings. The van der Waals surface area contributed by atoms with E-state index in [9.17, 15) is 18.0 Å². The number of carbonyl (C=O) groups is 1. The predicted molar refractivity (Wildman–Crippen MR) is 108 cm³/mol. The molecule has 1 amide bonds. The van der Waals surface area contributed by atoms with Gasteiger partial charge in [-0.2, -0.15) is 13.2 Å². The van der Waals surface area contributed by atoms with E-state index in [0.717, 1.165) is 23.2 Å². The first-order valence-corrected chi connectivity index (χ1v) is 10.4. The van der Waals surface area contributed by atoms with Crippen LogP contribution in [0.4, 0.5) is 18.9 Å². The minimum Gasteiger partial charge on any atom is -0.368 e. The van der Waals surface area contributed by atoms with Gasteiger partial charge in [0.05, 0.1) is 17.4 Å². The fourth-order valence-electron chi connectivity index (χ4n) is 3.98. The fraction of sp³-hybridized carbons (Fsp3) is 0.429. The molecule has 2 fully saturated rings. The SMILES string of the molecule is O=C(C[C@H]1C[C@H]1c1ccc(Br)cc1)N[C@@H]1CCN(c2cncc(C(F)(F)F)c2)C1. The van der Waals surface area contributed by atoms with Crippen LogP contribution in [0.25, 0.3) is 0 Å². The van der Waals surface area contributed by atoms with Crippen molar-refractivity contribution >= 4 is 27.5 Å². The normalized spacial score (nSPS) is 23.9. The molecule has 1 saturated carbocycles. The molecule has 1 aromatic carbocycles. The van der Waals surface area contributed by atoms with E-state index >= 15 is 0 Å². The van der Waals surface area contributed by atoms with Crippen LogP contribution in [0.1, 0.15) is 36.3 Å². The number of rotatable bonds is 5. The molecule has 0 unspecified atom stereocenters. The number of nitrogens with one attached hydrogen (secondary N) is 1. The Hall–Kier alpha value is -2.09. The van der Waals surface area contributed by atoms with Crippen molar-refractivity contribution in [3.63, 3.8) is 0 Å². The topological polar surface area (TPSA) is 45.2 Å². The molecule has 1 N–H and O–H groups in total. The number of halogens is 4. The second kappa shape index (κ2) is 7.97. The van der Waals surface area contributed by atoms with Crippen LogP contribution >= 0.6 is 15.9 Å². The third kappa shape index (κ3) is 4.91. The highest BCUT2D eigenvalue weighted by Crippen LogP contribution is 2.49. The first kappa shape index (κ1) is 20.2. The Bertz CT molecular complexity index is 887. The monoisotopic (exact) mass is 467 g/mol. The third-order valence-electron chi connectivity index (χ3n) is 5.64. The van der Waals surface area contributed by atoms with E-state index in [4.69, 9.17) is 0 Å². The number of amides is 1. The number of nitrogens with zero attached hydrogens (tertiary/aromatic N) is 2. The number of pyridine rings is 1. The molecule has 1 aromatic heterocycles. The molecule has 29 heavy (non-hydrogen) atoms. The zero-order valence-corrected chi connectivity index (χ0v) is 17.2. The van der Waals surface area contributed by atoms with Crippen LogP contribution in [0.2, 0.25) is 0 Å². The Morgan fingerprint density at radius 1 is 1.24 bits per heavy atom. The fourth-order valence-corrected chi connectivity index (χ4v) is 4.25. The van der Waals surface area contributed by atoms with Gasteiger partial charge < -0.3 is 10.2 Å². The predicted octanol–water partition coefficient (Wildman–Crippen LogP) is 4.75. The highest BCUT2D eigenvalue weighted by atomic mass is 79.9. The van der Waals surface area contributed by atoms with Gasteiger partial charge in [0, 0.05) is 36.2 Å². The zero-order chi connectivity index (χ0) is 20.6. The van der Waals surface area contributed by atoms with E-state index in [0.29, 0.717) is 43.5 Å². The zero-order valence-electron chi connectivity index (χ0n) is 15.6. The van der Waals surface area contributed by atoms with Crippen LogP contribution in [-0.4, -0.2) is 30.0 Å². The van der Waals surface area contributed by atoms with Crippen molar-refractivity contribution in [1.29, 1.82) is 0 Å². The van der Waals surface area contributed by atoms with Crippen molar-refractivity contribution in [3.8, 4) is 0 Å². The summed E-state index contributed by atoms with van der Waals surface area (Å²) in [6.45, 7) is 1.09. The van der Waals surface area contributed by atoms with E-state index in [2.05, 4.69) is 38.4 Å². The maximum absolute atomic E-state index is 12.9. The van der Waals surface area contributed by atoms with E-state index in [1.165, 1.54) is 11.8 Å². The molecule has 0 radical (unpaired) electrons. The van der Waals surface area contributed by atoms with Crippen molar-refractivity contribution in [2.45, 2.75) is 37.4 Å². The van der Waals surface area contributed by atoms with Crippen LogP contribution in [-0.2, 0) is 11.0 Å². The van der Waals surface area contributed by atoms with Gasteiger partial charge in [-0.25, -0.2) is 0 Å². The average molecular weight is 468 g/mol. The van der Waals surface area contributed by atoms with Crippen LogP contribution in [0.5, 0.6) is 0 Å². The summed E-state index contributed by atoms with van der Waals surface area (Å²) in [7, 11) is 0. The standard InChI is InChI=1S/C21H21BrF3N3O/c22-16-3-1-13(2-4-16)19-7-14(19)8-20(29)27-17-5-6-28(12-17)18-9-15(10-26-11-18)21(23,24)25/h1-4,9-11,14,17,19H,5-8,12H2,(H,27,29)/t14-,17-,19+/m1/s1. The molecule has 4 nitrogen and oxygen atoms in total. The summed E-state index contributed by atoms with van der Waals surface area (Å²) in [5, 5.41) is 3.05. The lowest BCUT2D eigenvalue weighted by molar-refractivity contribution is -0.137. The maximum atomic E-state index is 12.9. The van der Waals surface area contributed by atoms with Gasteiger partial charge in [0.25, 0.3) is 0 Å². The molecule has 3 atom stereocenters. The molecule has 2 aromatic rings. The lowest BCUT2D eigenvalue weighted by atomic mass is 10.1. The lowest BCUT2D eigenvalue weighted by Crippen LogP contribution is -2.37. The molecule has 154 valence electrons. The van der Waals surface area contributed by atoms with Crippen LogP contribution in [0.15, 0.2) is 47.2 Å². The second-order valence-electron chi connectivity index (χ2n) is 7.79. The van der Waals surface area contributed by atoms with E-state index in [-0.39, 0.29) is 11.9 Å². The molecule has 0 bridgehead atoms. The number of benzene rings is 1. The highest BCUT2D eigenvalue weighted by Gasteiger charge is 2.40. The van der Waals surface area contributed by atoms with Crippen molar-refractivity contribution in [2.75, 3.05) is 18.0 Å². The average Bonchev–Trinajstić information content (AvgIpc) is 3.27. The van der Waals surface area contributed by atoms with Crippen LogP contribution < -0.4 is 10.2 Å². The van der Waals surface area contributed by atoms with Crippen LogP contribution in [0.3, 0.4) is 0 Å². The summed E-state index contributed by atoms with van der Waals surface area (Å²) < 4.78 is 39.7. The van der Waals surface area contributed by atoms with Crippen molar-refractivity contribution < 1.29 is 18.0 Å². The van der Waals surface area contributed by atoms with Gasteiger partial charge in [-0.15, -0.1) is 0 Å². The molecule has 2 heterocycles. The van der Waals surface area contributed by atoms with Gasteiger partial charge in [-0.05, 0) is 48.4 Å². The molecular formula is C21H21BrF3N3O. The van der Waals surface area contributed by atoms with Gasteiger partial charge in [0.2, 0.25) is 5.91 Å². The van der Waals surface area contributed by atoms with E-state index in [1.54, 1.807) is 0 Å². The minimum atomic E-state index is -4.41. The maximum Gasteiger partial charge on any atom is 0.417 e. The second-order valence-corrected chi connectivity index (χ2v) is 8.70. The molecule has 4 rings (SSSR count). The Kier molecular flexibility index (Phi) is 5.55. The smallest absolute Gasteiger partial charge is 0.368 e. The minimum absolute atomic E-state index is 0.0172. The molecule has 0 spiro atoms. The van der Waals surface area contributed by atoms with Gasteiger partial charge in [-0.3, -0.25) is 9.78 Å². The molecule has 8 heteroatoms. The summed E-state index contributed by atoms with van der Waals surface area (Å²) >= 11 is 3.43. The van der Waals surface area contributed by atoms with Gasteiger partial charge in [-0.1, -0.05) is 28.1 Å². The Morgan fingerprint density at radius 2 is 2.00 bits per heavy atom. The number of hydrogen-bond acceptors (Lipinski definition) is 3. The first-order chi connectivity index (χ1) is 13.8. The summed E-state index contributed by atoms with van der Waals surface area (Å²) in [4.78, 5) is 18.0. The van der Waals surface area contributed by atoms with E-state index in [1.807, 2.05) is 17.0 Å². The summed E-state index contributed by atoms with van der Waals surface area (Å²) in [6.07, 6.45) is 0.0711. The summed E-state index contributed by atoms with van der Waals surface area (Å²) in [5.41, 5.74) is 0.944. The first-order valence-electron chi connectivity index (χ1n) is 9.61. The van der Waals surface area contributed by atoms with Gasteiger partial charge >= 0.3 is 6.18 Å². The Labute approximate surface area is 175 Å². The van der Waals surface area contributed by atoms with Gasteiger partial charge in [0.15, 0.2) is 0 Å². The number of alkyl halides is 3. The molecule has 1 aliphatic heterocycles. The highest BCUT2D eigenvalue weighted by molar-refractivity contribution is 9.10. The molecular weight excluding hydrogens is 447 g/mol. The van der Waals surface area contributed by atoms with E-state index < -0.39 is 11.7 Å². The molecule has 1 aliphatic carbocycles. The number of anilines is 1. The third-order valence-corrected chi connectivity index (χ3v) is 6.17. The summed E-state index contributed by atoms with van der Waals surface area (Å²) in [6, 6.07) is 9.27. The van der Waals surface area contributed by atoms with Crippen molar-refractivity contribution in [2.24, 2.45) is 5.92 Å². The Balaban J connectivity index is 1.27. The van der Waals surface area contributed by atoms with Gasteiger partial charge in [0.1, 0.15) is 0 Å². The quantitative estimate of drug-likeness (QED) is 0.689. The summed E-state index contributed by atoms with van der Waals surface area (Å²) in [5.74, 6) is 0.815. The number of carbonyl (C=O) groups excluding carboxylic acids is 1. The van der Waals surface area contributed by atoms with Crippen LogP contribution in [0, 0.1) is 5.92 Å². The van der Waals surface area contributed by atoms with Crippen molar-refractivity contribution in [3.05, 3.63) is 58.3 Å².